The van der Waals surface area contributed by atoms with Gasteiger partial charge in [-0.3, -0.25) is 4.79 Å². The highest BCUT2D eigenvalue weighted by Gasteiger charge is 2.50. The molecule has 4 unspecified atom stereocenters. The molecule has 0 aromatic rings. The van der Waals surface area contributed by atoms with Gasteiger partial charge in [0.1, 0.15) is 0 Å². The lowest BCUT2D eigenvalue weighted by Gasteiger charge is -2.40. The molecule has 3 heteroatoms. The van der Waals surface area contributed by atoms with Crippen molar-refractivity contribution >= 4 is 5.91 Å². The van der Waals surface area contributed by atoms with Crippen LogP contribution in [0.4, 0.5) is 0 Å². The predicted octanol–water partition coefficient (Wildman–Crippen LogP) is -0.517. The van der Waals surface area contributed by atoms with E-state index in [-0.39, 0.29) is 5.91 Å². The zero-order chi connectivity index (χ0) is 7.42. The maximum absolute atomic E-state index is 11.3. The first-order valence-corrected chi connectivity index (χ1v) is 4.38. The average molecular weight is 152 g/mol. The number of nitrogens with one attached hydrogen (secondary N) is 2. The number of amides is 1. The minimum Gasteiger partial charge on any atom is -0.351 e. The van der Waals surface area contributed by atoms with E-state index in [0.29, 0.717) is 18.0 Å². The van der Waals surface area contributed by atoms with Gasteiger partial charge in [-0.25, -0.2) is 0 Å². The van der Waals surface area contributed by atoms with E-state index in [9.17, 15) is 4.79 Å². The Labute approximate surface area is 65.5 Å². The van der Waals surface area contributed by atoms with Gasteiger partial charge >= 0.3 is 0 Å². The van der Waals surface area contributed by atoms with Crippen molar-refractivity contribution in [3.63, 3.8) is 0 Å². The Morgan fingerprint density at radius 1 is 1.36 bits per heavy atom. The summed E-state index contributed by atoms with van der Waals surface area (Å²) in [6.07, 6.45) is 2.33. The lowest BCUT2D eigenvalue weighted by atomic mass is 9.74. The molecule has 1 amide bonds. The highest BCUT2D eigenvalue weighted by Crippen LogP contribution is 2.37. The lowest BCUT2D eigenvalue weighted by Crippen LogP contribution is -2.55. The normalized spacial score (nSPS) is 52.9. The summed E-state index contributed by atoms with van der Waals surface area (Å²) in [5.74, 6) is 1.34. The van der Waals surface area contributed by atoms with Crippen molar-refractivity contribution in [1.29, 1.82) is 0 Å². The van der Waals surface area contributed by atoms with Crippen LogP contribution in [0.5, 0.6) is 0 Å². The minimum absolute atomic E-state index is 0.287. The lowest BCUT2D eigenvalue weighted by molar-refractivity contribution is -0.123. The molecule has 11 heavy (non-hydrogen) atoms. The van der Waals surface area contributed by atoms with Crippen molar-refractivity contribution in [3.8, 4) is 0 Å². The summed E-state index contributed by atoms with van der Waals surface area (Å²) in [6, 6.07) is 0.924. The van der Waals surface area contributed by atoms with Gasteiger partial charge in [-0.15, -0.1) is 0 Å². The first kappa shape index (κ1) is 6.00. The second-order valence-corrected chi connectivity index (χ2v) is 3.99. The summed E-state index contributed by atoms with van der Waals surface area (Å²) < 4.78 is 0. The summed E-state index contributed by atoms with van der Waals surface area (Å²) in [7, 11) is 0. The molecule has 0 aromatic heterocycles. The Balaban J connectivity index is 1.99. The molecule has 60 valence electrons. The highest BCUT2D eigenvalue weighted by atomic mass is 16.2. The predicted molar refractivity (Wildman–Crippen MR) is 39.9 cm³/mol. The first-order valence-electron chi connectivity index (χ1n) is 4.38. The molecule has 1 aliphatic carbocycles. The van der Waals surface area contributed by atoms with Gasteiger partial charge in [0.05, 0.1) is 5.92 Å². The average Bonchev–Trinajstić information content (AvgIpc) is 2.25. The second kappa shape index (κ2) is 1.78. The highest BCUT2D eigenvalue weighted by molar-refractivity contribution is 5.83. The van der Waals surface area contributed by atoms with Gasteiger partial charge in [0.25, 0.3) is 0 Å². The molecule has 4 fully saturated rings. The molecule has 3 nitrogen and oxygen atoms in total. The Bertz CT molecular complexity index is 216. The fourth-order valence-corrected chi connectivity index (χ4v) is 2.85. The first-order chi connectivity index (χ1) is 5.34. The van der Waals surface area contributed by atoms with Crippen molar-refractivity contribution in [2.75, 3.05) is 6.54 Å². The summed E-state index contributed by atoms with van der Waals surface area (Å²) in [5.41, 5.74) is 0. The van der Waals surface area contributed by atoms with Crippen LogP contribution in [0.2, 0.25) is 0 Å². The van der Waals surface area contributed by atoms with Crippen LogP contribution in [-0.2, 0) is 4.79 Å². The smallest absolute Gasteiger partial charge is 0.225 e. The third kappa shape index (κ3) is 0.644. The maximum atomic E-state index is 11.3. The molecule has 0 aromatic carbocycles. The van der Waals surface area contributed by atoms with Crippen molar-refractivity contribution < 1.29 is 4.79 Å². The summed E-state index contributed by atoms with van der Waals surface area (Å²) in [6.45, 7) is 1.13. The molecular formula is C8H12N2O. The molecule has 3 aliphatic heterocycles. The largest absolute Gasteiger partial charge is 0.351 e. The molecule has 3 saturated heterocycles. The summed E-state index contributed by atoms with van der Waals surface area (Å²) >= 11 is 0. The number of carbonyl (C=O) groups is 1. The monoisotopic (exact) mass is 152 g/mol. The van der Waals surface area contributed by atoms with Gasteiger partial charge in [0.15, 0.2) is 0 Å². The second-order valence-electron chi connectivity index (χ2n) is 3.99. The topological polar surface area (TPSA) is 41.1 Å². The zero-order valence-electron chi connectivity index (χ0n) is 6.34. The maximum Gasteiger partial charge on any atom is 0.225 e. The van der Waals surface area contributed by atoms with Crippen LogP contribution in [0.15, 0.2) is 0 Å². The summed E-state index contributed by atoms with van der Waals surface area (Å²) in [4.78, 5) is 11.3. The van der Waals surface area contributed by atoms with Gasteiger partial charge in [0, 0.05) is 12.1 Å². The van der Waals surface area contributed by atoms with E-state index in [1.54, 1.807) is 0 Å². The van der Waals surface area contributed by atoms with Crippen molar-refractivity contribution in [2.24, 2.45) is 11.8 Å². The van der Waals surface area contributed by atoms with Crippen molar-refractivity contribution in [1.82, 2.24) is 10.6 Å². The summed E-state index contributed by atoms with van der Waals surface area (Å²) in [5, 5.41) is 6.47. The minimum atomic E-state index is 0.287. The molecule has 4 aliphatic rings. The number of hydrogen-bond acceptors (Lipinski definition) is 2. The van der Waals surface area contributed by atoms with Gasteiger partial charge in [-0.05, 0) is 25.3 Å². The van der Waals surface area contributed by atoms with E-state index in [1.807, 2.05) is 0 Å². The van der Waals surface area contributed by atoms with Crippen LogP contribution >= 0.6 is 0 Å². The van der Waals surface area contributed by atoms with Crippen LogP contribution in [-0.4, -0.2) is 24.5 Å². The molecule has 0 spiro atoms. The van der Waals surface area contributed by atoms with Crippen molar-refractivity contribution in [3.05, 3.63) is 0 Å². The Morgan fingerprint density at radius 3 is 2.91 bits per heavy atom. The molecule has 4 bridgehead atoms. The molecule has 1 saturated carbocycles. The standard InChI is InChI=1S/C8H12N2O/c11-8-5-1-4-2-6(10-8)7(5)9-3-4/h4-7,9H,1-3H2,(H,10,11). The van der Waals surface area contributed by atoms with E-state index in [1.165, 1.54) is 6.42 Å². The molecule has 0 radical (unpaired) electrons. The number of rotatable bonds is 0. The number of carbonyl (C=O) groups excluding carboxylic acids is 1. The van der Waals surface area contributed by atoms with Gasteiger partial charge in [-0.1, -0.05) is 0 Å². The third-order valence-corrected chi connectivity index (χ3v) is 3.35. The third-order valence-electron chi connectivity index (χ3n) is 3.35. The van der Waals surface area contributed by atoms with Gasteiger partial charge in [0.2, 0.25) is 5.91 Å². The van der Waals surface area contributed by atoms with Gasteiger partial charge in [-0.2, -0.15) is 0 Å². The number of piperidine rings is 2. The fraction of sp³-hybridized carbons (Fsp3) is 0.875. The molecule has 2 N–H and O–H groups in total. The fourth-order valence-electron chi connectivity index (χ4n) is 2.85. The van der Waals surface area contributed by atoms with Crippen LogP contribution < -0.4 is 10.6 Å². The van der Waals surface area contributed by atoms with Crippen LogP contribution in [0.3, 0.4) is 0 Å². The number of hydrogen-bond donors (Lipinski definition) is 2. The quantitative estimate of drug-likeness (QED) is 0.490. The Kier molecular flexibility index (Phi) is 0.969. The van der Waals surface area contributed by atoms with E-state index in [4.69, 9.17) is 0 Å². The molecule has 4 rings (SSSR count). The number of fused-ring (bicyclic) bond motifs is 1. The van der Waals surface area contributed by atoms with E-state index in [2.05, 4.69) is 10.6 Å². The Hall–Kier alpha value is -0.570. The molecular weight excluding hydrogens is 140 g/mol. The van der Waals surface area contributed by atoms with Gasteiger partial charge < -0.3 is 10.6 Å². The van der Waals surface area contributed by atoms with Crippen LogP contribution in [0.1, 0.15) is 12.8 Å². The van der Waals surface area contributed by atoms with Crippen molar-refractivity contribution in [2.45, 2.75) is 24.9 Å². The Morgan fingerprint density at radius 2 is 2.27 bits per heavy atom. The van der Waals surface area contributed by atoms with E-state index >= 15 is 0 Å². The van der Waals surface area contributed by atoms with E-state index in [0.717, 1.165) is 18.9 Å². The SMILES string of the molecule is O=C1NC2CC3CNC2C1C3. The molecule has 4 atom stereocenters. The zero-order valence-corrected chi connectivity index (χ0v) is 6.34. The van der Waals surface area contributed by atoms with Crippen LogP contribution in [0, 0.1) is 11.8 Å². The van der Waals surface area contributed by atoms with E-state index < -0.39 is 0 Å². The molecule has 3 heterocycles. The van der Waals surface area contributed by atoms with Crippen LogP contribution in [0.25, 0.3) is 0 Å².